The minimum absolute atomic E-state index is 0.410. The van der Waals surface area contributed by atoms with Crippen molar-refractivity contribution in [2.75, 3.05) is 7.11 Å². The lowest BCUT2D eigenvalue weighted by Crippen LogP contribution is -2.19. The number of rotatable bonds is 3. The number of nitrogens with one attached hydrogen (secondary N) is 1. The van der Waals surface area contributed by atoms with E-state index in [4.69, 9.17) is 4.74 Å². The summed E-state index contributed by atoms with van der Waals surface area (Å²) < 4.78 is 5.49. The van der Waals surface area contributed by atoms with Crippen LogP contribution in [0.5, 0.6) is 5.75 Å². The first-order chi connectivity index (χ1) is 9.70. The summed E-state index contributed by atoms with van der Waals surface area (Å²) in [7, 11) is 1.67. The minimum atomic E-state index is -0.410. The Morgan fingerprint density at radius 1 is 1.35 bits per heavy atom. The first-order valence-electron chi connectivity index (χ1n) is 6.95. The molecule has 0 aliphatic heterocycles. The molecule has 0 radical (unpaired) electrons. The van der Waals surface area contributed by atoms with Crippen LogP contribution in [0.4, 0.5) is 0 Å². The molecule has 2 aromatic rings. The van der Waals surface area contributed by atoms with Gasteiger partial charge in [0.1, 0.15) is 5.75 Å². The lowest BCUT2D eigenvalue weighted by molar-refractivity contribution is 0.412. The van der Waals surface area contributed by atoms with E-state index in [1.54, 1.807) is 13.2 Å². The highest BCUT2D eigenvalue weighted by Crippen LogP contribution is 2.44. The molecule has 1 aromatic heterocycles. The summed E-state index contributed by atoms with van der Waals surface area (Å²) >= 11 is 0. The van der Waals surface area contributed by atoms with Crippen LogP contribution in [-0.4, -0.2) is 18.2 Å². The van der Waals surface area contributed by atoms with Crippen LogP contribution in [0.25, 0.3) is 10.9 Å². The van der Waals surface area contributed by atoms with Crippen molar-refractivity contribution in [2.45, 2.75) is 38.1 Å². The van der Waals surface area contributed by atoms with Crippen LogP contribution in [0.1, 0.15) is 36.8 Å². The number of aliphatic imine (C=N–C) groups is 1. The van der Waals surface area contributed by atoms with Gasteiger partial charge in [0.25, 0.3) is 0 Å². The van der Waals surface area contributed by atoms with E-state index in [2.05, 4.69) is 23.0 Å². The molecule has 3 rings (SSSR count). The third-order valence-corrected chi connectivity index (χ3v) is 4.41. The topological polar surface area (TPSA) is 54.4 Å². The molecule has 0 bridgehead atoms. The van der Waals surface area contributed by atoms with Crippen molar-refractivity contribution < 1.29 is 9.53 Å². The molecule has 4 nitrogen and oxygen atoms in total. The number of hydrogen-bond acceptors (Lipinski definition) is 3. The Morgan fingerprint density at radius 3 is 2.75 bits per heavy atom. The molecule has 1 heterocycles. The second kappa shape index (κ2) is 4.80. The largest absolute Gasteiger partial charge is 0.495 e. The van der Waals surface area contributed by atoms with Gasteiger partial charge in [0.2, 0.25) is 6.08 Å². The predicted molar refractivity (Wildman–Crippen MR) is 77.9 cm³/mol. The number of H-pyrrole nitrogens is 1. The van der Waals surface area contributed by atoms with Gasteiger partial charge in [0.15, 0.2) is 0 Å². The fourth-order valence-corrected chi connectivity index (χ4v) is 3.28. The van der Waals surface area contributed by atoms with Crippen molar-refractivity contribution in [1.29, 1.82) is 0 Å². The number of carbonyl (C=O) groups excluding carboxylic acids is 1. The Morgan fingerprint density at radius 2 is 2.10 bits per heavy atom. The van der Waals surface area contributed by atoms with Crippen molar-refractivity contribution in [3.8, 4) is 5.75 Å². The van der Waals surface area contributed by atoms with Gasteiger partial charge in [0.05, 0.1) is 18.2 Å². The van der Waals surface area contributed by atoms with E-state index in [1.807, 2.05) is 12.3 Å². The number of isocyanates is 1. The van der Waals surface area contributed by atoms with Crippen molar-refractivity contribution in [2.24, 2.45) is 4.99 Å². The second-order valence-electron chi connectivity index (χ2n) is 5.51. The fourth-order valence-electron chi connectivity index (χ4n) is 3.28. The summed E-state index contributed by atoms with van der Waals surface area (Å²) in [6.45, 7) is 2.06. The van der Waals surface area contributed by atoms with E-state index in [1.165, 1.54) is 5.56 Å². The number of aryl methyl sites for hydroxylation is 1. The number of methoxy groups -OCH3 is 1. The summed E-state index contributed by atoms with van der Waals surface area (Å²) in [5.74, 6) is 0.804. The molecule has 1 fully saturated rings. The Bertz CT molecular complexity index is 690. The van der Waals surface area contributed by atoms with E-state index in [-0.39, 0.29) is 0 Å². The average molecular weight is 270 g/mol. The number of ether oxygens (including phenoxy) is 1. The minimum Gasteiger partial charge on any atom is -0.495 e. The maximum Gasteiger partial charge on any atom is 0.235 e. The van der Waals surface area contributed by atoms with Gasteiger partial charge in [-0.1, -0.05) is 12.8 Å². The van der Waals surface area contributed by atoms with E-state index in [0.717, 1.165) is 47.9 Å². The zero-order valence-corrected chi connectivity index (χ0v) is 11.8. The summed E-state index contributed by atoms with van der Waals surface area (Å²) in [5, 5.41) is 1.13. The van der Waals surface area contributed by atoms with Gasteiger partial charge in [-0.2, -0.15) is 4.99 Å². The molecule has 1 aliphatic rings. The molecule has 1 aliphatic carbocycles. The second-order valence-corrected chi connectivity index (χ2v) is 5.51. The number of nitrogens with zero attached hydrogens (tertiary/aromatic N) is 1. The molecule has 1 saturated carbocycles. The first kappa shape index (κ1) is 12.9. The van der Waals surface area contributed by atoms with E-state index < -0.39 is 5.54 Å². The van der Waals surface area contributed by atoms with Crippen LogP contribution in [0.2, 0.25) is 0 Å². The zero-order valence-electron chi connectivity index (χ0n) is 11.8. The zero-order chi connectivity index (χ0) is 14.2. The van der Waals surface area contributed by atoms with E-state index in [0.29, 0.717) is 0 Å². The highest BCUT2D eigenvalue weighted by Gasteiger charge is 2.36. The molecule has 20 heavy (non-hydrogen) atoms. The lowest BCUT2D eigenvalue weighted by Gasteiger charge is -2.23. The smallest absolute Gasteiger partial charge is 0.235 e. The Labute approximate surface area is 117 Å². The van der Waals surface area contributed by atoms with Gasteiger partial charge in [-0.3, -0.25) is 0 Å². The van der Waals surface area contributed by atoms with E-state index in [9.17, 15) is 4.79 Å². The number of aromatic amines is 1. The summed E-state index contributed by atoms with van der Waals surface area (Å²) in [4.78, 5) is 18.2. The van der Waals surface area contributed by atoms with Crippen LogP contribution in [-0.2, 0) is 10.3 Å². The normalized spacial score (nSPS) is 17.1. The maximum absolute atomic E-state index is 10.8. The number of benzene rings is 1. The quantitative estimate of drug-likeness (QED) is 0.684. The molecule has 4 heteroatoms. The highest BCUT2D eigenvalue weighted by molar-refractivity contribution is 5.89. The van der Waals surface area contributed by atoms with Crippen molar-refractivity contribution >= 4 is 17.0 Å². The maximum atomic E-state index is 10.8. The van der Waals surface area contributed by atoms with Crippen molar-refractivity contribution in [1.82, 2.24) is 4.98 Å². The fraction of sp³-hybridized carbons (Fsp3) is 0.438. The van der Waals surface area contributed by atoms with Gasteiger partial charge in [0, 0.05) is 11.6 Å². The monoisotopic (exact) mass is 270 g/mol. The molecule has 0 atom stereocenters. The summed E-state index contributed by atoms with van der Waals surface area (Å²) in [6.07, 6.45) is 7.74. The van der Waals surface area contributed by atoms with Crippen molar-refractivity contribution in [3.05, 3.63) is 29.5 Å². The SMILES string of the molecule is COc1cc(C2(N=C=O)CCCC2)cc2c(C)c[nH]c12. The Balaban J connectivity index is 2.25. The van der Waals surface area contributed by atoms with E-state index >= 15 is 0 Å². The van der Waals surface area contributed by atoms with Gasteiger partial charge in [-0.15, -0.1) is 0 Å². The molecular formula is C16H18N2O2. The summed E-state index contributed by atoms with van der Waals surface area (Å²) in [5.41, 5.74) is 2.82. The summed E-state index contributed by atoms with van der Waals surface area (Å²) in [6, 6.07) is 4.14. The van der Waals surface area contributed by atoms with Crippen LogP contribution < -0.4 is 4.74 Å². The lowest BCUT2D eigenvalue weighted by atomic mass is 9.87. The molecule has 0 saturated heterocycles. The standard InChI is InChI=1S/C16H18N2O2/c1-11-9-17-15-13(11)7-12(8-14(15)20-2)16(18-10-19)5-3-4-6-16/h7-9,17H,3-6H2,1-2H3. The predicted octanol–water partition coefficient (Wildman–Crippen LogP) is 3.59. The first-order valence-corrected chi connectivity index (χ1v) is 6.95. The van der Waals surface area contributed by atoms with Crippen LogP contribution >= 0.6 is 0 Å². The molecule has 1 aromatic carbocycles. The molecule has 1 N–H and O–H groups in total. The van der Waals surface area contributed by atoms with Crippen LogP contribution in [0, 0.1) is 6.92 Å². The van der Waals surface area contributed by atoms with Gasteiger partial charge < -0.3 is 9.72 Å². The third-order valence-electron chi connectivity index (χ3n) is 4.41. The molecular weight excluding hydrogens is 252 g/mol. The Kier molecular flexibility index (Phi) is 3.11. The van der Waals surface area contributed by atoms with Crippen LogP contribution in [0.15, 0.2) is 23.3 Å². The van der Waals surface area contributed by atoms with Crippen LogP contribution in [0.3, 0.4) is 0 Å². The molecule has 0 spiro atoms. The third kappa shape index (κ3) is 1.84. The molecule has 0 amide bonds. The molecule has 104 valence electrons. The Hall–Kier alpha value is -2.06. The number of fused-ring (bicyclic) bond motifs is 1. The number of aromatic nitrogens is 1. The average Bonchev–Trinajstić information content (AvgIpc) is 3.07. The van der Waals surface area contributed by atoms with Gasteiger partial charge in [-0.25, -0.2) is 4.79 Å². The molecule has 0 unspecified atom stereocenters. The van der Waals surface area contributed by atoms with Gasteiger partial charge in [-0.05, 0) is 43.0 Å². The van der Waals surface area contributed by atoms with Crippen molar-refractivity contribution in [3.63, 3.8) is 0 Å². The number of hydrogen-bond donors (Lipinski definition) is 1. The highest BCUT2D eigenvalue weighted by atomic mass is 16.5. The van der Waals surface area contributed by atoms with Gasteiger partial charge >= 0.3 is 0 Å².